The Hall–Kier alpha value is -13.4. The van der Waals surface area contributed by atoms with E-state index in [-0.39, 0.29) is 29.8 Å². The first-order chi connectivity index (χ1) is 60.5. The zero-order chi connectivity index (χ0) is 89.1. The molecule has 5 aliphatic rings. The number of fused-ring (bicyclic) bond motifs is 5. The number of benzene rings is 9. The Bertz CT molecular complexity index is 5500. The molecular formula is C96H106N12O16S. The number of hydrogen-bond acceptors (Lipinski definition) is 17. The van der Waals surface area contributed by atoms with Crippen LogP contribution in [0.5, 0.6) is 5.75 Å². The van der Waals surface area contributed by atoms with E-state index in [0.29, 0.717) is 156 Å². The van der Waals surface area contributed by atoms with E-state index in [0.717, 1.165) is 103 Å². The summed E-state index contributed by atoms with van der Waals surface area (Å²) in [6.45, 7) is 14.8. The number of amides is 12. The summed E-state index contributed by atoms with van der Waals surface area (Å²) in [5.74, 6) is -1.01. The van der Waals surface area contributed by atoms with Gasteiger partial charge in [0.2, 0.25) is 17.7 Å². The molecule has 1 unspecified atom stereocenters. The van der Waals surface area contributed by atoms with Gasteiger partial charge in [0.1, 0.15) is 5.75 Å². The van der Waals surface area contributed by atoms with Gasteiger partial charge in [-0.3, -0.25) is 64.4 Å². The Morgan fingerprint density at radius 1 is 0.416 bits per heavy atom. The quantitative estimate of drug-likeness (QED) is 0.0264. The third-order valence-corrected chi connectivity index (χ3v) is 24.0. The van der Waals surface area contributed by atoms with Crippen LogP contribution in [0.3, 0.4) is 0 Å². The van der Waals surface area contributed by atoms with Crippen LogP contribution >= 0.6 is 11.3 Å². The van der Waals surface area contributed by atoms with Gasteiger partial charge in [-0.25, -0.2) is 37.0 Å². The Balaban J connectivity index is 0.000000152. The first kappa shape index (κ1) is 92.3. The predicted molar refractivity (Wildman–Crippen MR) is 471 cm³/mol. The number of rotatable bonds is 19. The standard InChI is InChI=1S/C22H20N2O3S.C21H24N2O3.C19H21N3O3.C18H19N3O4.C16H22N2O3/c25-21(13-19-8-9-20(28-19)15-4-2-1-3-5-15)24-11-10-16-12-17(22(26)23-27)6-7-18(16)14-24;1-3-15-6-4-5-14(2)19(15)12-20(24)23-10-9-16-11-17(21(25)22-26)7-8-18(16)13-23;23-18(21-25)16-6-7-17-13-22(11-9-15(17)12-16)19(24)20-10-8-14-4-2-1-3-5-14;1-25-16-6-4-15(5-7-16)19-18(23)21-9-8-12-10-13(17(22)20-24)2-3-14(12)11-21;1-3-11(2)8-15(19)18-7-6-12-9-13(16(20)17-21)4-5-14(12)10-18/h1-9,12,27H,10-11,13-14H2,(H,23,26);4-8,11,26H,3,9-10,12-13H2,1-2H3,(H,22,25);1-7,12,25H,8-11,13H2,(H,20,24)(H,21,23);2-7,10,24H,8-9,11H2,1H3,(H,19,23)(H,20,22);4-5,9,11,21H,3,6-8,10H2,1-2H3,(H,17,20). The summed E-state index contributed by atoms with van der Waals surface area (Å²) in [5.41, 5.74) is 27.3. The van der Waals surface area contributed by atoms with Crippen molar-refractivity contribution in [3.63, 3.8) is 0 Å². The minimum absolute atomic E-state index is 0.0706. The second-order valence-corrected chi connectivity index (χ2v) is 32.2. The number of ether oxygens (including phenoxy) is 1. The molecule has 12 amide bonds. The van der Waals surface area contributed by atoms with Crippen LogP contribution in [-0.4, -0.2) is 156 Å². The third kappa shape index (κ3) is 25.2. The van der Waals surface area contributed by atoms with Crippen molar-refractivity contribution in [2.75, 3.05) is 51.7 Å². The lowest BCUT2D eigenvalue weighted by molar-refractivity contribution is -0.133. The van der Waals surface area contributed by atoms with E-state index in [4.69, 9.17) is 30.8 Å². The number of nitrogens with zero attached hydrogens (tertiary/aromatic N) is 5. The maximum absolute atomic E-state index is 12.8. The molecule has 0 spiro atoms. The van der Waals surface area contributed by atoms with Gasteiger partial charge in [-0.05, 0) is 238 Å². The largest absolute Gasteiger partial charge is 0.497 e. The lowest BCUT2D eigenvalue weighted by Gasteiger charge is -2.30. The maximum atomic E-state index is 12.8. The highest BCUT2D eigenvalue weighted by Gasteiger charge is 2.29. The van der Waals surface area contributed by atoms with E-state index < -0.39 is 29.5 Å². The molecule has 12 N–H and O–H groups in total. The number of anilines is 1. The summed E-state index contributed by atoms with van der Waals surface area (Å²) in [7, 11) is 1.59. The topological polar surface area (TPSA) is 381 Å². The molecule has 125 heavy (non-hydrogen) atoms. The first-order valence-electron chi connectivity index (χ1n) is 41.6. The molecule has 6 heterocycles. The van der Waals surface area contributed by atoms with Crippen molar-refractivity contribution in [1.82, 2.24) is 57.2 Å². The summed E-state index contributed by atoms with van der Waals surface area (Å²) >= 11 is 1.66. The fourth-order valence-electron chi connectivity index (χ4n) is 15.4. The minimum Gasteiger partial charge on any atom is -0.497 e. The van der Waals surface area contributed by atoms with Gasteiger partial charge in [0.05, 0.1) is 20.0 Å². The van der Waals surface area contributed by atoms with Gasteiger partial charge in [-0.1, -0.05) is 136 Å². The highest BCUT2D eigenvalue weighted by Crippen LogP contribution is 2.32. The first-order valence-corrected chi connectivity index (χ1v) is 42.4. The van der Waals surface area contributed by atoms with Crippen molar-refractivity contribution >= 4 is 76.3 Å². The average molecular weight is 1720 g/mol. The van der Waals surface area contributed by atoms with E-state index in [2.05, 4.69) is 68.7 Å². The van der Waals surface area contributed by atoms with Crippen molar-refractivity contribution in [3.8, 4) is 16.2 Å². The van der Waals surface area contributed by atoms with Crippen molar-refractivity contribution in [3.05, 3.63) is 317 Å². The number of hydroxylamine groups is 5. The van der Waals surface area contributed by atoms with Crippen LogP contribution in [0.15, 0.2) is 206 Å². The highest BCUT2D eigenvalue weighted by molar-refractivity contribution is 7.15. The maximum Gasteiger partial charge on any atom is 0.322 e. The van der Waals surface area contributed by atoms with Crippen LogP contribution in [0.4, 0.5) is 15.3 Å². The molecule has 1 atom stereocenters. The van der Waals surface area contributed by atoms with Crippen molar-refractivity contribution in [1.29, 1.82) is 0 Å². The van der Waals surface area contributed by atoms with E-state index >= 15 is 0 Å². The smallest absolute Gasteiger partial charge is 0.322 e. The Morgan fingerprint density at radius 2 is 0.808 bits per heavy atom. The zero-order valence-corrected chi connectivity index (χ0v) is 71.5. The average Bonchev–Trinajstić information content (AvgIpc) is 1.37. The molecule has 0 aliphatic carbocycles. The van der Waals surface area contributed by atoms with E-state index in [1.807, 2.05) is 106 Å². The number of carbonyl (C=O) groups excluding carboxylic acids is 10. The number of carbonyl (C=O) groups is 10. The van der Waals surface area contributed by atoms with Crippen LogP contribution in [0.2, 0.25) is 0 Å². The molecule has 9 aromatic carbocycles. The Morgan fingerprint density at radius 3 is 1.22 bits per heavy atom. The summed E-state index contributed by atoms with van der Waals surface area (Å²) in [5, 5.41) is 49.4. The fraction of sp³-hybridized carbons (Fsp3) is 0.292. The minimum atomic E-state index is -0.539. The molecule has 15 rings (SSSR count). The number of hydrogen-bond donors (Lipinski definition) is 12. The van der Waals surface area contributed by atoms with E-state index in [1.54, 1.807) is 141 Å². The van der Waals surface area contributed by atoms with Crippen LogP contribution in [0.1, 0.15) is 168 Å². The molecule has 652 valence electrons. The normalized spacial score (nSPS) is 13.5. The molecule has 29 heteroatoms. The molecule has 0 saturated heterocycles. The molecular weight excluding hydrogens is 1610 g/mol. The molecule has 0 bridgehead atoms. The second kappa shape index (κ2) is 45.1. The summed E-state index contributed by atoms with van der Waals surface area (Å²) in [6.07, 6.45) is 7.65. The Labute approximate surface area is 730 Å². The van der Waals surface area contributed by atoms with Gasteiger partial charge in [0, 0.05) is 122 Å². The number of aryl methyl sites for hydroxylation is 2. The van der Waals surface area contributed by atoms with Crippen molar-refractivity contribution in [2.45, 2.75) is 131 Å². The molecule has 10 aromatic rings. The van der Waals surface area contributed by atoms with Crippen LogP contribution in [0.25, 0.3) is 10.4 Å². The number of nitrogens with one attached hydrogen (secondary N) is 7. The van der Waals surface area contributed by atoms with Gasteiger partial charge in [0.25, 0.3) is 29.5 Å². The SMILES string of the molecule is CCC(C)CC(=O)N1CCc2cc(C(=O)NO)ccc2C1.CCc1cccc(C)c1CC(=O)N1CCc2cc(C(=O)NO)ccc2C1.COc1ccc(NC(=O)N2CCc3cc(C(=O)NO)ccc3C2)cc1.O=C(NO)c1ccc2c(c1)CCN(C(=O)Cc1ccc(-c3ccccc3)s1)C2.O=C(NO)c1ccc2c(c1)CCN(C(=O)NCCc1ccccc1)C2. The molecule has 0 radical (unpaired) electrons. The van der Waals surface area contributed by atoms with E-state index in [9.17, 15) is 47.9 Å². The van der Waals surface area contributed by atoms with E-state index in [1.165, 1.54) is 21.6 Å². The summed E-state index contributed by atoms with van der Waals surface area (Å²) in [4.78, 5) is 131. The lowest BCUT2D eigenvalue weighted by Crippen LogP contribution is -2.43. The zero-order valence-electron chi connectivity index (χ0n) is 70.6. The number of urea groups is 2. The highest BCUT2D eigenvalue weighted by atomic mass is 32.1. The van der Waals surface area contributed by atoms with Gasteiger partial charge in [-0.2, -0.15) is 0 Å². The number of methoxy groups -OCH3 is 1. The van der Waals surface area contributed by atoms with Gasteiger partial charge in [-0.15, -0.1) is 11.3 Å². The van der Waals surface area contributed by atoms with Crippen molar-refractivity contribution < 1.29 is 78.7 Å². The monoisotopic (exact) mass is 1710 g/mol. The molecule has 0 saturated carbocycles. The molecule has 5 aliphatic heterocycles. The van der Waals surface area contributed by atoms with Gasteiger partial charge in [0.15, 0.2) is 0 Å². The molecule has 28 nitrogen and oxygen atoms in total. The molecule has 0 fully saturated rings. The number of thiophene rings is 1. The Kier molecular flexibility index (Phi) is 33.3. The second-order valence-electron chi connectivity index (χ2n) is 31.1. The predicted octanol–water partition coefficient (Wildman–Crippen LogP) is 13.1. The van der Waals surface area contributed by atoms with Crippen LogP contribution < -0.4 is 42.8 Å². The van der Waals surface area contributed by atoms with Crippen LogP contribution in [-0.2, 0) is 105 Å². The fourth-order valence-corrected chi connectivity index (χ4v) is 16.4. The van der Waals surface area contributed by atoms with Crippen LogP contribution in [0, 0.1) is 12.8 Å². The third-order valence-electron chi connectivity index (χ3n) is 22.9. The summed E-state index contributed by atoms with van der Waals surface area (Å²) in [6, 6.07) is 63.8. The van der Waals surface area contributed by atoms with Gasteiger partial charge >= 0.3 is 12.1 Å². The molecule has 1 aromatic heterocycles. The summed E-state index contributed by atoms with van der Waals surface area (Å²) < 4.78 is 5.10. The van der Waals surface area contributed by atoms with Crippen molar-refractivity contribution in [2.24, 2.45) is 5.92 Å². The van der Waals surface area contributed by atoms with Gasteiger partial charge < -0.3 is 39.9 Å². The lowest BCUT2D eigenvalue weighted by atomic mass is 9.94.